The molecule has 1 saturated heterocycles. The number of fused-ring (bicyclic) bond motifs is 4. The Morgan fingerprint density at radius 1 is 1.25 bits per heavy atom. The van der Waals surface area contributed by atoms with Crippen LogP contribution >= 0.6 is 0 Å². The highest BCUT2D eigenvalue weighted by Gasteiger charge is 2.52. The van der Waals surface area contributed by atoms with Crippen LogP contribution in [0.5, 0.6) is 0 Å². The van der Waals surface area contributed by atoms with E-state index in [-0.39, 0.29) is 37.0 Å². The van der Waals surface area contributed by atoms with Gasteiger partial charge < -0.3 is 19.2 Å². The maximum absolute atomic E-state index is 14.4. The minimum atomic E-state index is -4.80. The molecule has 192 valence electrons. The number of hydrogen-bond acceptors (Lipinski definition) is 6. The van der Waals surface area contributed by atoms with Gasteiger partial charge in [0.25, 0.3) is 5.91 Å². The molecule has 0 radical (unpaired) electrons. The highest BCUT2D eigenvalue weighted by Crippen LogP contribution is 2.56. The Labute approximate surface area is 206 Å². The molecule has 3 aliphatic rings. The first-order chi connectivity index (χ1) is 17.3. The molecular formula is C25H27F3N4O4. The maximum Gasteiger partial charge on any atom is 0.420 e. The van der Waals surface area contributed by atoms with Gasteiger partial charge in [0.15, 0.2) is 0 Å². The lowest BCUT2D eigenvalue weighted by atomic mass is 9.59. The van der Waals surface area contributed by atoms with Gasteiger partial charge in [-0.15, -0.1) is 0 Å². The first-order valence-corrected chi connectivity index (χ1v) is 12.0. The number of carbonyl (C=O) groups is 1. The van der Waals surface area contributed by atoms with E-state index in [4.69, 9.17) is 13.9 Å². The van der Waals surface area contributed by atoms with Gasteiger partial charge in [-0.3, -0.25) is 14.5 Å². The van der Waals surface area contributed by atoms with Crippen molar-refractivity contribution in [2.24, 2.45) is 0 Å². The quantitative estimate of drug-likeness (QED) is 0.566. The van der Waals surface area contributed by atoms with Crippen LogP contribution in [0, 0.1) is 0 Å². The van der Waals surface area contributed by atoms with E-state index < -0.39 is 29.5 Å². The third-order valence-electron chi connectivity index (χ3n) is 7.32. The molecule has 1 saturated carbocycles. The second kappa shape index (κ2) is 8.74. The molecule has 1 N–H and O–H groups in total. The third-order valence-corrected chi connectivity index (χ3v) is 7.32. The van der Waals surface area contributed by atoms with Crippen molar-refractivity contribution >= 4 is 5.91 Å². The molecule has 1 amide bonds. The van der Waals surface area contributed by atoms with E-state index in [2.05, 4.69) is 15.4 Å². The van der Waals surface area contributed by atoms with Crippen LogP contribution in [0.4, 0.5) is 13.2 Å². The van der Waals surface area contributed by atoms with Crippen LogP contribution in [-0.2, 0) is 34.0 Å². The lowest BCUT2D eigenvalue weighted by Gasteiger charge is -2.43. The summed E-state index contributed by atoms with van der Waals surface area (Å²) in [4.78, 5) is 17.0. The van der Waals surface area contributed by atoms with E-state index in [1.54, 1.807) is 17.1 Å². The fourth-order valence-corrected chi connectivity index (χ4v) is 5.43. The molecule has 8 nitrogen and oxygen atoms in total. The fourth-order valence-electron chi connectivity index (χ4n) is 5.43. The fraction of sp³-hybridized carbons (Fsp3) is 0.480. The lowest BCUT2D eigenvalue weighted by Crippen LogP contribution is -2.40. The SMILES string of the molecule is O=C(NC[C@@H]1COCCO1)c1oc2c(c1C(F)(F)F)-c1nn(Cc3ccncc3)cc1C1(CCC1)C2.[HH]. The summed E-state index contributed by atoms with van der Waals surface area (Å²) in [7, 11) is 0. The molecule has 2 fully saturated rings. The molecular weight excluding hydrogens is 477 g/mol. The average Bonchev–Trinajstić information content (AvgIpc) is 3.43. The molecule has 0 unspecified atom stereocenters. The van der Waals surface area contributed by atoms with Gasteiger partial charge in [-0.2, -0.15) is 18.3 Å². The minimum absolute atomic E-state index is 0. The van der Waals surface area contributed by atoms with Crippen molar-refractivity contribution in [1.29, 1.82) is 0 Å². The second-order valence-electron chi connectivity index (χ2n) is 9.63. The number of aromatic nitrogens is 3. The van der Waals surface area contributed by atoms with E-state index in [1.807, 2.05) is 18.3 Å². The number of halogens is 3. The summed E-state index contributed by atoms with van der Waals surface area (Å²) in [5, 5.41) is 7.13. The van der Waals surface area contributed by atoms with Crippen LogP contribution in [0.1, 0.15) is 53.7 Å². The van der Waals surface area contributed by atoms with Crippen molar-refractivity contribution in [3.63, 3.8) is 0 Å². The maximum atomic E-state index is 14.4. The van der Waals surface area contributed by atoms with Gasteiger partial charge in [0.2, 0.25) is 5.76 Å². The normalized spacial score (nSPS) is 20.5. The second-order valence-corrected chi connectivity index (χ2v) is 9.63. The summed E-state index contributed by atoms with van der Waals surface area (Å²) in [6.45, 7) is 1.51. The van der Waals surface area contributed by atoms with Crippen molar-refractivity contribution in [3.8, 4) is 11.3 Å². The summed E-state index contributed by atoms with van der Waals surface area (Å²) in [5.41, 5.74) is 0.474. The van der Waals surface area contributed by atoms with E-state index in [0.29, 0.717) is 26.2 Å². The lowest BCUT2D eigenvalue weighted by molar-refractivity contribution is -0.137. The van der Waals surface area contributed by atoms with E-state index >= 15 is 0 Å². The highest BCUT2D eigenvalue weighted by molar-refractivity contribution is 5.96. The Kier molecular flexibility index (Phi) is 5.64. The summed E-state index contributed by atoms with van der Waals surface area (Å²) >= 11 is 0. The summed E-state index contributed by atoms with van der Waals surface area (Å²) in [5.74, 6) is -1.48. The zero-order valence-electron chi connectivity index (χ0n) is 19.4. The van der Waals surface area contributed by atoms with Crippen LogP contribution in [0.2, 0.25) is 0 Å². The number of hydrogen-bond donors (Lipinski definition) is 1. The van der Waals surface area contributed by atoms with Crippen LogP contribution in [0.25, 0.3) is 11.3 Å². The summed E-state index contributed by atoms with van der Waals surface area (Å²) in [6.07, 6.45) is 2.92. The molecule has 11 heteroatoms. The van der Waals surface area contributed by atoms with Crippen molar-refractivity contribution in [1.82, 2.24) is 20.1 Å². The molecule has 1 atom stereocenters. The van der Waals surface area contributed by atoms with Crippen LogP contribution < -0.4 is 5.32 Å². The Hall–Kier alpha value is -3.18. The summed E-state index contributed by atoms with van der Waals surface area (Å²) < 4.78 is 61.5. The predicted octanol–water partition coefficient (Wildman–Crippen LogP) is 3.97. The van der Waals surface area contributed by atoms with Gasteiger partial charge >= 0.3 is 6.18 Å². The minimum Gasteiger partial charge on any atom is -0.454 e. The molecule has 3 aromatic heterocycles. The predicted molar refractivity (Wildman–Crippen MR) is 123 cm³/mol. The summed E-state index contributed by atoms with van der Waals surface area (Å²) in [6, 6.07) is 3.68. The Morgan fingerprint density at radius 3 is 2.72 bits per heavy atom. The van der Waals surface area contributed by atoms with Crippen molar-refractivity contribution in [2.75, 3.05) is 26.4 Å². The molecule has 0 bridgehead atoms. The first kappa shape index (κ1) is 23.2. The molecule has 36 heavy (non-hydrogen) atoms. The number of nitrogens with one attached hydrogen (secondary N) is 1. The van der Waals surface area contributed by atoms with E-state index in [0.717, 1.165) is 30.4 Å². The number of nitrogens with zero attached hydrogens (tertiary/aromatic N) is 3. The molecule has 2 aliphatic carbocycles. The van der Waals surface area contributed by atoms with Gasteiger partial charge in [0, 0.05) is 44.0 Å². The van der Waals surface area contributed by atoms with Gasteiger partial charge in [0.1, 0.15) is 17.0 Å². The number of carbonyl (C=O) groups excluding carboxylic acids is 1. The zero-order chi connectivity index (χ0) is 24.9. The van der Waals surface area contributed by atoms with Gasteiger partial charge in [-0.1, -0.05) is 6.42 Å². The molecule has 4 heterocycles. The van der Waals surface area contributed by atoms with Crippen LogP contribution in [0.15, 0.2) is 35.1 Å². The number of furan rings is 1. The number of rotatable bonds is 5. The Balaban J connectivity index is 0.00000280. The number of ether oxygens (including phenoxy) is 2. The van der Waals surface area contributed by atoms with Gasteiger partial charge in [-0.05, 0) is 30.5 Å². The molecule has 3 aromatic rings. The number of amides is 1. The smallest absolute Gasteiger partial charge is 0.420 e. The topological polar surface area (TPSA) is 91.4 Å². The van der Waals surface area contributed by atoms with E-state index in [1.165, 1.54) is 0 Å². The molecule has 1 spiro atoms. The van der Waals surface area contributed by atoms with Crippen molar-refractivity contribution < 1.29 is 33.3 Å². The average molecular weight is 505 g/mol. The zero-order valence-corrected chi connectivity index (χ0v) is 19.4. The van der Waals surface area contributed by atoms with Crippen molar-refractivity contribution in [3.05, 3.63) is 58.9 Å². The standard InChI is InChI=1S/C25H25F3N4O4.H2/c26-25(27,28)20-19-18(36-22(20)23(33)30-11-16-14-34-8-9-35-16)10-24(4-1-5-24)17-13-32(31-21(17)19)12-15-2-6-29-7-3-15;/h2-3,6-7,13,16H,1,4-5,8-12,14H2,(H,30,33);1H/t16-;/m1./s1. The highest BCUT2D eigenvalue weighted by atomic mass is 19.4. The van der Waals surface area contributed by atoms with Gasteiger partial charge in [0.05, 0.1) is 38.0 Å². The van der Waals surface area contributed by atoms with E-state index in [9.17, 15) is 18.0 Å². The number of alkyl halides is 3. The monoisotopic (exact) mass is 504 g/mol. The Morgan fingerprint density at radius 2 is 2.06 bits per heavy atom. The Bertz CT molecular complexity index is 1280. The van der Waals surface area contributed by atoms with Crippen LogP contribution in [0.3, 0.4) is 0 Å². The largest absolute Gasteiger partial charge is 0.454 e. The molecule has 6 rings (SSSR count). The number of pyridine rings is 1. The van der Waals surface area contributed by atoms with Crippen LogP contribution in [-0.4, -0.2) is 53.1 Å². The van der Waals surface area contributed by atoms with Gasteiger partial charge in [-0.25, -0.2) is 0 Å². The third kappa shape index (κ3) is 4.00. The first-order valence-electron chi connectivity index (χ1n) is 12.0. The molecule has 1 aliphatic heterocycles. The molecule has 0 aromatic carbocycles. The van der Waals surface area contributed by atoms with Crippen molar-refractivity contribution in [2.45, 2.75) is 49.9 Å².